The summed E-state index contributed by atoms with van der Waals surface area (Å²) in [5.41, 5.74) is 0. The Morgan fingerprint density at radius 2 is 0.950 bits per heavy atom. The van der Waals surface area contributed by atoms with E-state index in [2.05, 4.69) is 26.0 Å². The van der Waals surface area contributed by atoms with Crippen molar-refractivity contribution in [3.05, 3.63) is 12.2 Å². The van der Waals surface area contributed by atoms with Crippen LogP contribution in [0.25, 0.3) is 0 Å². The third-order valence-corrected chi connectivity index (χ3v) is 8.06. The molecule has 1 atom stereocenters. The van der Waals surface area contributed by atoms with Gasteiger partial charge in [0, 0.05) is 12.8 Å². The van der Waals surface area contributed by atoms with E-state index in [0.29, 0.717) is 12.8 Å². The maximum absolute atomic E-state index is 12.3. The van der Waals surface area contributed by atoms with Gasteiger partial charge in [-0.1, -0.05) is 142 Å². The van der Waals surface area contributed by atoms with Gasteiger partial charge in [-0.3, -0.25) is 9.59 Å². The molecule has 0 radical (unpaired) electrons. The summed E-state index contributed by atoms with van der Waals surface area (Å²) in [5, 5.41) is 8.64. The Balaban J connectivity index is 3.45. The summed E-state index contributed by atoms with van der Waals surface area (Å²) >= 11 is 0. The van der Waals surface area contributed by atoms with E-state index in [0.717, 1.165) is 44.9 Å². The Bertz CT molecular complexity index is 571. The highest BCUT2D eigenvalue weighted by Crippen LogP contribution is 2.16. The second kappa shape index (κ2) is 32.2. The van der Waals surface area contributed by atoms with Gasteiger partial charge in [-0.25, -0.2) is 0 Å². The molecule has 4 nitrogen and oxygen atoms in total. The fourth-order valence-corrected chi connectivity index (χ4v) is 5.35. The molecule has 0 saturated carbocycles. The van der Waals surface area contributed by atoms with Crippen molar-refractivity contribution in [3.8, 4) is 0 Å². The van der Waals surface area contributed by atoms with Crippen LogP contribution in [0.3, 0.4) is 0 Å². The average molecular weight is 565 g/mol. The normalized spacial score (nSPS) is 12.2. The third kappa shape index (κ3) is 31.2. The molecule has 0 fully saturated rings. The van der Waals surface area contributed by atoms with Crippen LogP contribution in [0.1, 0.15) is 200 Å². The van der Waals surface area contributed by atoms with Gasteiger partial charge in [0.2, 0.25) is 0 Å². The predicted molar refractivity (Wildman–Crippen MR) is 172 cm³/mol. The number of rotatable bonds is 32. The molecule has 0 aromatic heterocycles. The lowest BCUT2D eigenvalue weighted by Gasteiger charge is -2.16. The second-order valence-electron chi connectivity index (χ2n) is 12.0. The van der Waals surface area contributed by atoms with E-state index < -0.39 is 5.97 Å². The first-order valence-corrected chi connectivity index (χ1v) is 17.7. The lowest BCUT2D eigenvalue weighted by Crippen LogP contribution is -2.17. The van der Waals surface area contributed by atoms with Crippen molar-refractivity contribution < 1.29 is 19.4 Å². The zero-order valence-corrected chi connectivity index (χ0v) is 26.9. The number of aliphatic carboxylic acids is 1. The maximum atomic E-state index is 12.3. The number of hydrogen-bond donors (Lipinski definition) is 1. The number of allylic oxidation sites excluding steroid dienone is 2. The molecule has 0 aromatic rings. The number of carbonyl (C=O) groups is 2. The van der Waals surface area contributed by atoms with Crippen molar-refractivity contribution in [2.24, 2.45) is 0 Å². The van der Waals surface area contributed by atoms with Crippen molar-refractivity contribution in [2.75, 3.05) is 0 Å². The molecular formula is C36H68O4. The Hall–Kier alpha value is -1.32. The van der Waals surface area contributed by atoms with Gasteiger partial charge in [-0.05, 0) is 57.8 Å². The maximum Gasteiger partial charge on any atom is 0.306 e. The number of carbonyl (C=O) groups excluding carboxylic acids is 1. The predicted octanol–water partition coefficient (Wildman–Crippen LogP) is 11.9. The fraction of sp³-hybridized carbons (Fsp3) is 0.889. The molecule has 0 saturated heterocycles. The minimum absolute atomic E-state index is 0.00589. The molecule has 236 valence electrons. The monoisotopic (exact) mass is 565 g/mol. The van der Waals surface area contributed by atoms with Crippen molar-refractivity contribution in [3.63, 3.8) is 0 Å². The number of carboxylic acids is 1. The largest absolute Gasteiger partial charge is 0.481 e. The van der Waals surface area contributed by atoms with Crippen molar-refractivity contribution in [2.45, 2.75) is 206 Å². The molecule has 0 aliphatic heterocycles. The Morgan fingerprint density at radius 3 is 1.40 bits per heavy atom. The molecule has 1 N–H and O–H groups in total. The van der Waals surface area contributed by atoms with Crippen LogP contribution in [-0.4, -0.2) is 23.1 Å². The van der Waals surface area contributed by atoms with Gasteiger partial charge < -0.3 is 9.84 Å². The molecule has 0 amide bonds. The van der Waals surface area contributed by atoms with E-state index in [4.69, 9.17) is 9.84 Å². The van der Waals surface area contributed by atoms with Crippen LogP contribution >= 0.6 is 0 Å². The molecule has 0 spiro atoms. The quantitative estimate of drug-likeness (QED) is 0.0501. The zero-order chi connectivity index (χ0) is 29.4. The summed E-state index contributed by atoms with van der Waals surface area (Å²) in [6.07, 6.45) is 38.8. The van der Waals surface area contributed by atoms with E-state index >= 15 is 0 Å². The zero-order valence-electron chi connectivity index (χ0n) is 26.9. The minimum atomic E-state index is -0.671. The van der Waals surface area contributed by atoms with Crippen molar-refractivity contribution in [1.82, 2.24) is 0 Å². The molecule has 1 unspecified atom stereocenters. The van der Waals surface area contributed by atoms with Gasteiger partial charge in [-0.15, -0.1) is 0 Å². The van der Waals surface area contributed by atoms with Crippen LogP contribution in [0, 0.1) is 0 Å². The van der Waals surface area contributed by atoms with Gasteiger partial charge >= 0.3 is 11.9 Å². The number of carboxylic acid groups (broad SMARTS) is 1. The highest BCUT2D eigenvalue weighted by Gasteiger charge is 2.12. The van der Waals surface area contributed by atoms with Crippen LogP contribution in [0.5, 0.6) is 0 Å². The van der Waals surface area contributed by atoms with Crippen LogP contribution in [-0.2, 0) is 14.3 Å². The van der Waals surface area contributed by atoms with Gasteiger partial charge in [0.15, 0.2) is 0 Å². The number of unbranched alkanes of at least 4 members (excludes halogenated alkanes) is 22. The average Bonchev–Trinajstić information content (AvgIpc) is 2.94. The molecule has 0 aliphatic rings. The fourth-order valence-electron chi connectivity index (χ4n) is 5.35. The molecule has 0 aliphatic carbocycles. The van der Waals surface area contributed by atoms with Crippen molar-refractivity contribution >= 4 is 11.9 Å². The minimum Gasteiger partial charge on any atom is -0.481 e. The number of hydrogen-bond acceptors (Lipinski definition) is 3. The van der Waals surface area contributed by atoms with Crippen molar-refractivity contribution in [1.29, 1.82) is 0 Å². The molecule has 40 heavy (non-hydrogen) atoms. The molecule has 0 rings (SSSR count). The summed E-state index contributed by atoms with van der Waals surface area (Å²) in [6, 6.07) is 0. The third-order valence-electron chi connectivity index (χ3n) is 8.06. The van der Waals surface area contributed by atoms with Crippen LogP contribution in [0.4, 0.5) is 0 Å². The Kier molecular flexibility index (Phi) is 31.1. The SMILES string of the molecule is CCCCCCCC/C=C\CCCCCCCC(=O)OC(CC)CCCCCCCCCCCCCCC(=O)O. The summed E-state index contributed by atoms with van der Waals surface area (Å²) in [4.78, 5) is 22.7. The number of esters is 1. The summed E-state index contributed by atoms with van der Waals surface area (Å²) in [7, 11) is 0. The van der Waals surface area contributed by atoms with Gasteiger partial charge in [0.1, 0.15) is 6.10 Å². The van der Waals surface area contributed by atoms with Gasteiger partial charge in [0.05, 0.1) is 0 Å². The summed E-state index contributed by atoms with van der Waals surface area (Å²) in [6.45, 7) is 4.40. The molecular weight excluding hydrogens is 496 g/mol. The lowest BCUT2D eigenvalue weighted by molar-refractivity contribution is -0.149. The van der Waals surface area contributed by atoms with E-state index in [1.165, 1.54) is 128 Å². The van der Waals surface area contributed by atoms with E-state index in [1.54, 1.807) is 0 Å². The highest BCUT2D eigenvalue weighted by molar-refractivity contribution is 5.69. The van der Waals surface area contributed by atoms with E-state index in [-0.39, 0.29) is 12.1 Å². The first-order chi connectivity index (χ1) is 19.6. The molecule has 0 bridgehead atoms. The Labute approximate surface area is 249 Å². The first-order valence-electron chi connectivity index (χ1n) is 17.7. The topological polar surface area (TPSA) is 63.6 Å². The molecule has 4 heteroatoms. The van der Waals surface area contributed by atoms with Crippen LogP contribution in [0.15, 0.2) is 12.2 Å². The molecule has 0 aromatic carbocycles. The van der Waals surface area contributed by atoms with Gasteiger partial charge in [-0.2, -0.15) is 0 Å². The second-order valence-corrected chi connectivity index (χ2v) is 12.0. The summed E-state index contributed by atoms with van der Waals surface area (Å²) in [5.74, 6) is -0.665. The van der Waals surface area contributed by atoms with Gasteiger partial charge in [0.25, 0.3) is 0 Å². The molecule has 0 heterocycles. The first kappa shape index (κ1) is 38.7. The number of ether oxygens (including phenoxy) is 1. The smallest absolute Gasteiger partial charge is 0.306 e. The van der Waals surface area contributed by atoms with E-state index in [1.807, 2.05) is 0 Å². The van der Waals surface area contributed by atoms with Crippen LogP contribution in [0.2, 0.25) is 0 Å². The lowest BCUT2D eigenvalue weighted by atomic mass is 10.0. The standard InChI is InChI=1S/C36H68O4/c1-3-5-6-7-8-9-10-11-12-13-18-21-24-27-30-33-36(39)40-34(4-2)31-28-25-22-19-16-14-15-17-20-23-26-29-32-35(37)38/h11-12,34H,3-10,13-33H2,1-2H3,(H,37,38)/b12-11-. The highest BCUT2D eigenvalue weighted by atomic mass is 16.5. The van der Waals surface area contributed by atoms with E-state index in [9.17, 15) is 9.59 Å². The Morgan fingerprint density at radius 1 is 0.550 bits per heavy atom. The van der Waals surface area contributed by atoms with Crippen LogP contribution < -0.4 is 0 Å². The summed E-state index contributed by atoms with van der Waals surface area (Å²) < 4.78 is 5.76.